The molecule has 0 radical (unpaired) electrons. The van der Waals surface area contributed by atoms with Gasteiger partial charge < -0.3 is 10.2 Å². The Hall–Kier alpha value is -2.45. The van der Waals surface area contributed by atoms with Crippen LogP contribution in [0.15, 0.2) is 24.3 Å². The number of carboxylic acids is 2. The molecule has 0 aliphatic heterocycles. The highest BCUT2D eigenvalue weighted by Gasteiger charge is 2.20. The Labute approximate surface area is 126 Å². The Morgan fingerprint density at radius 3 is 2.36 bits per heavy atom. The van der Waals surface area contributed by atoms with Gasteiger partial charge in [-0.2, -0.15) is 10.4 Å². The summed E-state index contributed by atoms with van der Waals surface area (Å²) in [5.74, 6) is -3.33. The second kappa shape index (κ2) is 8.75. The molecule has 8 nitrogen and oxygen atoms in total. The summed E-state index contributed by atoms with van der Waals surface area (Å²) in [5, 5.41) is 17.9. The van der Waals surface area contributed by atoms with E-state index in [1.54, 1.807) is 0 Å². The van der Waals surface area contributed by atoms with Crippen molar-refractivity contribution in [3.63, 3.8) is 0 Å². The van der Waals surface area contributed by atoms with Crippen LogP contribution in [0.5, 0.6) is 0 Å². The summed E-state index contributed by atoms with van der Waals surface area (Å²) >= 11 is 0. The number of benzene rings is 1. The van der Waals surface area contributed by atoms with Gasteiger partial charge in [0.15, 0.2) is 6.10 Å². The van der Waals surface area contributed by atoms with Crippen molar-refractivity contribution < 1.29 is 34.5 Å². The summed E-state index contributed by atoms with van der Waals surface area (Å²) in [7, 11) is 0. The Morgan fingerprint density at radius 2 is 1.82 bits per heavy atom. The molecule has 1 amide bonds. The SMILES string of the molecule is CCCCC(OONC(=O)c1ccccc1C(=O)O)C(=O)O. The number of carbonyl (C=O) groups excluding carboxylic acids is 1. The highest BCUT2D eigenvalue weighted by Crippen LogP contribution is 2.09. The van der Waals surface area contributed by atoms with E-state index in [0.717, 1.165) is 6.42 Å². The first kappa shape index (κ1) is 17.6. The minimum absolute atomic E-state index is 0.126. The molecule has 0 spiro atoms. The van der Waals surface area contributed by atoms with Crippen molar-refractivity contribution in [2.75, 3.05) is 0 Å². The van der Waals surface area contributed by atoms with Crippen LogP contribution >= 0.6 is 0 Å². The van der Waals surface area contributed by atoms with E-state index in [1.807, 2.05) is 12.4 Å². The van der Waals surface area contributed by atoms with Crippen molar-refractivity contribution >= 4 is 17.8 Å². The lowest BCUT2D eigenvalue weighted by atomic mass is 10.1. The Balaban J connectivity index is 2.59. The fourth-order valence-electron chi connectivity index (χ4n) is 1.64. The summed E-state index contributed by atoms with van der Waals surface area (Å²) in [4.78, 5) is 42.7. The Kier molecular flexibility index (Phi) is 7.00. The van der Waals surface area contributed by atoms with Crippen LogP contribution in [-0.4, -0.2) is 34.2 Å². The van der Waals surface area contributed by atoms with Gasteiger partial charge in [-0.15, -0.1) is 4.99 Å². The van der Waals surface area contributed by atoms with E-state index < -0.39 is 23.9 Å². The van der Waals surface area contributed by atoms with Gasteiger partial charge in [-0.25, -0.2) is 9.59 Å². The van der Waals surface area contributed by atoms with Crippen molar-refractivity contribution in [3.05, 3.63) is 35.4 Å². The number of nitrogens with one attached hydrogen (secondary N) is 1. The molecule has 0 aromatic heterocycles. The number of hydroxylamine groups is 1. The van der Waals surface area contributed by atoms with Gasteiger partial charge in [0, 0.05) is 0 Å². The highest BCUT2D eigenvalue weighted by molar-refractivity contribution is 6.04. The molecule has 120 valence electrons. The van der Waals surface area contributed by atoms with E-state index >= 15 is 0 Å². The van der Waals surface area contributed by atoms with Crippen LogP contribution in [0.1, 0.15) is 46.9 Å². The van der Waals surface area contributed by atoms with Gasteiger partial charge in [0.25, 0.3) is 5.91 Å². The normalized spacial score (nSPS) is 11.7. The molecule has 0 saturated heterocycles. The number of aliphatic carboxylic acids is 1. The number of rotatable bonds is 9. The zero-order chi connectivity index (χ0) is 16.5. The van der Waals surface area contributed by atoms with E-state index in [9.17, 15) is 14.4 Å². The molecule has 3 N–H and O–H groups in total. The first-order chi connectivity index (χ1) is 10.5. The molecule has 0 aliphatic rings. The van der Waals surface area contributed by atoms with Crippen molar-refractivity contribution in [3.8, 4) is 0 Å². The third-order valence-electron chi connectivity index (χ3n) is 2.80. The van der Waals surface area contributed by atoms with E-state index in [2.05, 4.69) is 9.88 Å². The van der Waals surface area contributed by atoms with Crippen molar-refractivity contribution in [2.24, 2.45) is 0 Å². The quantitative estimate of drug-likeness (QED) is 0.468. The van der Waals surface area contributed by atoms with Crippen LogP contribution in [0.4, 0.5) is 0 Å². The largest absolute Gasteiger partial charge is 0.479 e. The summed E-state index contributed by atoms with van der Waals surface area (Å²) in [6, 6.07) is 5.53. The van der Waals surface area contributed by atoms with Gasteiger partial charge >= 0.3 is 11.9 Å². The summed E-state index contributed by atoms with van der Waals surface area (Å²) in [6.07, 6.45) is 0.421. The predicted molar refractivity (Wildman–Crippen MR) is 74.0 cm³/mol. The number of unbranched alkanes of at least 4 members (excludes halogenated alkanes) is 1. The lowest BCUT2D eigenvalue weighted by Gasteiger charge is -2.12. The number of hydrogen-bond acceptors (Lipinski definition) is 5. The Bertz CT molecular complexity index is 544. The first-order valence-corrected chi connectivity index (χ1v) is 6.65. The van der Waals surface area contributed by atoms with Gasteiger partial charge in [0.1, 0.15) is 0 Å². The fourth-order valence-corrected chi connectivity index (χ4v) is 1.64. The summed E-state index contributed by atoms with van der Waals surface area (Å²) < 4.78 is 0. The van der Waals surface area contributed by atoms with Gasteiger partial charge in [-0.05, 0) is 18.6 Å². The van der Waals surface area contributed by atoms with E-state index in [1.165, 1.54) is 24.3 Å². The molecule has 0 saturated carbocycles. The highest BCUT2D eigenvalue weighted by atomic mass is 17.3. The molecular weight excluding hydrogens is 294 g/mol. The topological polar surface area (TPSA) is 122 Å². The van der Waals surface area contributed by atoms with E-state index in [0.29, 0.717) is 6.42 Å². The van der Waals surface area contributed by atoms with Crippen LogP contribution in [0.2, 0.25) is 0 Å². The third-order valence-corrected chi connectivity index (χ3v) is 2.80. The van der Waals surface area contributed by atoms with Crippen LogP contribution in [0, 0.1) is 0 Å². The maximum atomic E-state index is 11.8. The molecule has 0 bridgehead atoms. The molecule has 22 heavy (non-hydrogen) atoms. The molecule has 1 rings (SSSR count). The summed E-state index contributed by atoms with van der Waals surface area (Å²) in [5.41, 5.74) is 1.54. The van der Waals surface area contributed by atoms with Crippen molar-refractivity contribution in [2.45, 2.75) is 32.3 Å². The van der Waals surface area contributed by atoms with Gasteiger partial charge in [-0.1, -0.05) is 31.9 Å². The standard InChI is InChI=1S/C14H17NO7/c1-2-3-8-11(14(19)20)21-22-15-12(16)9-6-4-5-7-10(9)13(17)18/h4-7,11H,2-3,8H2,1H3,(H,15,16)(H,17,18)(H,19,20). The van der Waals surface area contributed by atoms with Crippen LogP contribution in [-0.2, 0) is 14.7 Å². The van der Waals surface area contributed by atoms with Crippen LogP contribution in [0.25, 0.3) is 0 Å². The maximum absolute atomic E-state index is 11.8. The van der Waals surface area contributed by atoms with E-state index in [4.69, 9.17) is 10.2 Å². The Morgan fingerprint density at radius 1 is 1.18 bits per heavy atom. The van der Waals surface area contributed by atoms with E-state index in [-0.39, 0.29) is 17.5 Å². The molecular formula is C14H17NO7. The lowest BCUT2D eigenvalue weighted by Crippen LogP contribution is -2.31. The number of aromatic carboxylic acids is 1. The van der Waals surface area contributed by atoms with Gasteiger partial charge in [-0.3, -0.25) is 4.79 Å². The number of amides is 1. The van der Waals surface area contributed by atoms with Crippen molar-refractivity contribution in [1.82, 2.24) is 5.48 Å². The maximum Gasteiger partial charge on any atom is 0.336 e. The fraction of sp³-hybridized carbons (Fsp3) is 0.357. The molecule has 0 heterocycles. The van der Waals surface area contributed by atoms with Crippen molar-refractivity contribution in [1.29, 1.82) is 0 Å². The average Bonchev–Trinajstić information content (AvgIpc) is 2.50. The smallest absolute Gasteiger partial charge is 0.336 e. The number of hydrogen-bond donors (Lipinski definition) is 3. The second-order valence-electron chi connectivity index (χ2n) is 4.43. The number of carboxylic acid groups (broad SMARTS) is 2. The molecule has 0 fully saturated rings. The summed E-state index contributed by atoms with van der Waals surface area (Å²) in [6.45, 7) is 1.89. The molecule has 0 aliphatic carbocycles. The van der Waals surface area contributed by atoms with Gasteiger partial charge in [0.2, 0.25) is 0 Å². The second-order valence-corrected chi connectivity index (χ2v) is 4.43. The molecule has 1 aromatic carbocycles. The lowest BCUT2D eigenvalue weighted by molar-refractivity contribution is -0.347. The minimum atomic E-state index is -1.27. The number of carbonyl (C=O) groups is 3. The molecule has 1 unspecified atom stereocenters. The molecule has 1 atom stereocenters. The van der Waals surface area contributed by atoms with Crippen LogP contribution in [0.3, 0.4) is 0 Å². The third kappa shape index (κ3) is 5.15. The predicted octanol–water partition coefficient (Wildman–Crippen LogP) is 1.62. The average molecular weight is 311 g/mol. The minimum Gasteiger partial charge on any atom is -0.479 e. The zero-order valence-electron chi connectivity index (χ0n) is 11.9. The van der Waals surface area contributed by atoms with Crippen LogP contribution < -0.4 is 5.48 Å². The first-order valence-electron chi connectivity index (χ1n) is 6.65. The zero-order valence-corrected chi connectivity index (χ0v) is 11.9. The molecule has 1 aromatic rings. The molecule has 8 heteroatoms. The monoisotopic (exact) mass is 311 g/mol. The van der Waals surface area contributed by atoms with Gasteiger partial charge in [0.05, 0.1) is 11.1 Å².